The van der Waals surface area contributed by atoms with Crippen molar-refractivity contribution < 1.29 is 4.79 Å². The number of piperidine rings is 2. The Labute approximate surface area is 225 Å². The highest BCUT2D eigenvalue weighted by Crippen LogP contribution is 2.36. The van der Waals surface area contributed by atoms with Gasteiger partial charge in [-0.1, -0.05) is 48.9 Å². The zero-order valence-corrected chi connectivity index (χ0v) is 24.2. The second kappa shape index (κ2) is 11.9. The predicted octanol–water partition coefficient (Wildman–Crippen LogP) is 5.21. The normalized spacial score (nSPS) is 25.9. The second-order valence-electron chi connectivity index (χ2n) is 11.1. The molecule has 1 N–H and O–H groups in total. The lowest BCUT2D eigenvalue weighted by molar-refractivity contribution is -0.134. The maximum absolute atomic E-state index is 13.5. The molecule has 0 aromatic rings. The average Bonchev–Trinajstić information content (AvgIpc) is 2.81. The molecule has 2 heterocycles. The molecule has 0 aromatic heterocycles. The van der Waals surface area contributed by atoms with Crippen molar-refractivity contribution in [2.45, 2.75) is 59.9 Å². The minimum atomic E-state index is -0.377. The number of nitrogens with one attached hydrogen (secondary N) is 1. The number of carbonyl (C=O) groups is 1. The van der Waals surface area contributed by atoms with Gasteiger partial charge in [-0.2, -0.15) is 5.26 Å². The molecule has 7 heteroatoms. The molecule has 2 fully saturated rings. The van der Waals surface area contributed by atoms with Crippen LogP contribution < -0.4 is 5.32 Å². The highest BCUT2D eigenvalue weighted by Gasteiger charge is 2.40. The number of hydrogen-bond acceptors (Lipinski definition) is 5. The smallest absolute Gasteiger partial charge is 0.226 e. The number of aliphatic imine (C=N–C) groups is 1. The standard InChI is InChI=1S/C28H40IN5O/c1-19(2)25-24(8-7-21(16-30)26(25)31-12-11-29)34-17-20(3)15-23(18-34)32-27(35)28(4,5)22-9-13-33(6)14-10-22/h7-8,11-12,20,22-23H,9-10,13-15,17-18H2,1-6H3,(H,32,35)/b12-11-,31-26-/t20-,23+/m0/s1. The third kappa shape index (κ3) is 6.45. The van der Waals surface area contributed by atoms with E-state index in [1.54, 1.807) is 6.20 Å². The van der Waals surface area contributed by atoms with Crippen molar-refractivity contribution in [1.82, 2.24) is 15.1 Å². The van der Waals surface area contributed by atoms with Crippen LogP contribution in [0.5, 0.6) is 0 Å². The summed E-state index contributed by atoms with van der Waals surface area (Å²) in [5, 5.41) is 13.1. The summed E-state index contributed by atoms with van der Waals surface area (Å²) in [7, 11) is 2.16. The summed E-state index contributed by atoms with van der Waals surface area (Å²) < 4.78 is 1.85. The molecule has 2 aliphatic heterocycles. The topological polar surface area (TPSA) is 71.7 Å². The number of carbonyl (C=O) groups excluding carboxylic acids is 1. The molecule has 0 aromatic carbocycles. The van der Waals surface area contributed by atoms with E-state index in [-0.39, 0.29) is 17.4 Å². The van der Waals surface area contributed by atoms with Crippen LogP contribution in [0, 0.1) is 28.6 Å². The van der Waals surface area contributed by atoms with E-state index in [4.69, 9.17) is 0 Å². The quantitative estimate of drug-likeness (QED) is 0.447. The summed E-state index contributed by atoms with van der Waals surface area (Å²) in [5.41, 5.74) is 4.15. The van der Waals surface area contributed by atoms with Gasteiger partial charge < -0.3 is 15.1 Å². The minimum Gasteiger partial charge on any atom is -0.369 e. The fraction of sp³-hybridized carbons (Fsp3) is 0.607. The van der Waals surface area contributed by atoms with Crippen LogP contribution >= 0.6 is 22.6 Å². The van der Waals surface area contributed by atoms with Gasteiger partial charge in [0.05, 0.1) is 11.3 Å². The van der Waals surface area contributed by atoms with E-state index < -0.39 is 0 Å². The van der Waals surface area contributed by atoms with E-state index in [9.17, 15) is 10.1 Å². The summed E-state index contributed by atoms with van der Waals surface area (Å²) in [4.78, 5) is 22.8. The fourth-order valence-corrected chi connectivity index (χ4v) is 5.76. The van der Waals surface area contributed by atoms with Gasteiger partial charge in [0.2, 0.25) is 5.91 Å². The van der Waals surface area contributed by atoms with Gasteiger partial charge in [0.15, 0.2) is 0 Å². The fourth-order valence-electron chi connectivity index (χ4n) is 5.60. The van der Waals surface area contributed by atoms with Gasteiger partial charge in [-0.15, -0.1) is 0 Å². The van der Waals surface area contributed by atoms with Gasteiger partial charge in [-0.05, 0) is 81.3 Å². The van der Waals surface area contributed by atoms with Crippen LogP contribution in [-0.2, 0) is 4.79 Å². The Morgan fingerprint density at radius 1 is 1.26 bits per heavy atom. The number of likely N-dealkylation sites (tertiary alicyclic amines) is 2. The van der Waals surface area contributed by atoms with Crippen molar-refractivity contribution in [3.05, 3.63) is 44.9 Å². The SMILES string of the molecule is CC(C)=C1C(N2C[C@@H](C)C[C@@H](NC(=O)C(C)(C)C3CCN(C)CC3)C2)=CC=C(C#N)/C1=N/C=C\I. The lowest BCUT2D eigenvalue weighted by Gasteiger charge is -2.43. The molecular formula is C28H40IN5O. The first kappa shape index (κ1) is 27.7. The molecule has 2 atom stereocenters. The molecule has 3 rings (SSSR count). The Hall–Kier alpha value is -1.92. The van der Waals surface area contributed by atoms with Crippen molar-refractivity contribution >= 4 is 34.2 Å². The summed E-state index contributed by atoms with van der Waals surface area (Å²) in [6.07, 6.45) is 8.77. The molecule has 0 saturated carbocycles. The molecule has 0 radical (unpaired) electrons. The summed E-state index contributed by atoms with van der Waals surface area (Å²) in [6.45, 7) is 14.4. The lowest BCUT2D eigenvalue weighted by Crippen LogP contribution is -2.54. The maximum Gasteiger partial charge on any atom is 0.226 e. The third-order valence-electron chi connectivity index (χ3n) is 7.70. The number of nitrogens with zero attached hydrogens (tertiary/aromatic N) is 4. The van der Waals surface area contributed by atoms with E-state index in [0.717, 1.165) is 68.0 Å². The van der Waals surface area contributed by atoms with Crippen molar-refractivity contribution in [2.24, 2.45) is 22.2 Å². The van der Waals surface area contributed by atoms with Crippen LogP contribution in [0.2, 0.25) is 0 Å². The zero-order valence-electron chi connectivity index (χ0n) is 22.1. The van der Waals surface area contributed by atoms with Gasteiger partial charge in [0, 0.05) is 42.0 Å². The molecule has 6 nitrogen and oxygen atoms in total. The highest BCUT2D eigenvalue weighted by atomic mass is 127. The molecule has 1 amide bonds. The van der Waals surface area contributed by atoms with Crippen LogP contribution in [0.25, 0.3) is 0 Å². The zero-order chi connectivity index (χ0) is 25.8. The first-order chi connectivity index (χ1) is 16.6. The number of nitriles is 1. The van der Waals surface area contributed by atoms with Crippen molar-refractivity contribution in [3.63, 3.8) is 0 Å². The van der Waals surface area contributed by atoms with Crippen LogP contribution in [0.1, 0.15) is 53.9 Å². The maximum atomic E-state index is 13.5. The van der Waals surface area contributed by atoms with Crippen LogP contribution in [0.3, 0.4) is 0 Å². The Bertz CT molecular complexity index is 1000. The van der Waals surface area contributed by atoms with Crippen LogP contribution in [0.4, 0.5) is 0 Å². The monoisotopic (exact) mass is 589 g/mol. The Morgan fingerprint density at radius 3 is 2.54 bits per heavy atom. The summed E-state index contributed by atoms with van der Waals surface area (Å²) in [6, 6.07) is 2.39. The van der Waals surface area contributed by atoms with E-state index >= 15 is 0 Å². The Morgan fingerprint density at radius 2 is 1.94 bits per heavy atom. The van der Waals surface area contributed by atoms with Gasteiger partial charge in [-0.25, -0.2) is 0 Å². The van der Waals surface area contributed by atoms with E-state index in [2.05, 4.69) is 90.4 Å². The van der Waals surface area contributed by atoms with E-state index in [1.807, 2.05) is 16.2 Å². The number of rotatable bonds is 5. The van der Waals surface area contributed by atoms with Crippen LogP contribution in [-0.4, -0.2) is 60.7 Å². The van der Waals surface area contributed by atoms with Crippen molar-refractivity contribution in [3.8, 4) is 6.07 Å². The second-order valence-corrected chi connectivity index (χ2v) is 11.8. The largest absolute Gasteiger partial charge is 0.369 e. The lowest BCUT2D eigenvalue weighted by atomic mass is 9.73. The van der Waals surface area contributed by atoms with E-state index in [1.165, 1.54) is 0 Å². The van der Waals surface area contributed by atoms with Crippen molar-refractivity contribution in [1.29, 1.82) is 5.26 Å². The molecular weight excluding hydrogens is 549 g/mol. The first-order valence-electron chi connectivity index (χ1n) is 12.7. The first-order valence-corrected chi connectivity index (χ1v) is 13.9. The van der Waals surface area contributed by atoms with Gasteiger partial charge in [-0.3, -0.25) is 9.79 Å². The van der Waals surface area contributed by atoms with Crippen molar-refractivity contribution in [2.75, 3.05) is 33.2 Å². The molecule has 0 unspecified atom stereocenters. The molecule has 2 saturated heterocycles. The highest BCUT2D eigenvalue weighted by molar-refractivity contribution is 14.1. The number of halogens is 1. The third-order valence-corrected chi connectivity index (χ3v) is 8.02. The molecule has 3 aliphatic rings. The van der Waals surface area contributed by atoms with Gasteiger partial charge >= 0.3 is 0 Å². The molecule has 0 spiro atoms. The Balaban J connectivity index is 1.81. The Kier molecular flexibility index (Phi) is 9.39. The average molecular weight is 590 g/mol. The molecule has 0 bridgehead atoms. The number of hydrogen-bond donors (Lipinski definition) is 1. The number of allylic oxidation sites excluding steroid dienone is 5. The van der Waals surface area contributed by atoms with Gasteiger partial charge in [0.1, 0.15) is 6.07 Å². The molecule has 35 heavy (non-hydrogen) atoms. The minimum absolute atomic E-state index is 0.0899. The van der Waals surface area contributed by atoms with Gasteiger partial charge in [0.25, 0.3) is 0 Å². The summed E-state index contributed by atoms with van der Waals surface area (Å²) in [5.74, 6) is 1.02. The van der Waals surface area contributed by atoms with E-state index in [0.29, 0.717) is 17.4 Å². The van der Waals surface area contributed by atoms with Crippen LogP contribution in [0.15, 0.2) is 49.8 Å². The molecule has 190 valence electrons. The predicted molar refractivity (Wildman–Crippen MR) is 152 cm³/mol. The number of amides is 1. The molecule has 1 aliphatic carbocycles. The summed E-state index contributed by atoms with van der Waals surface area (Å²) >= 11 is 2.14.